The fourth-order valence-corrected chi connectivity index (χ4v) is 1.78. The molecular weight excluding hydrogens is 178 g/mol. The smallest absolute Gasteiger partial charge is 0.0884 e. The second-order valence-electron chi connectivity index (χ2n) is 2.51. The lowest BCUT2D eigenvalue weighted by molar-refractivity contribution is 0.0819. The summed E-state index contributed by atoms with van der Waals surface area (Å²) < 4.78 is 24.8. The number of ether oxygens (including phenoxy) is 1. The number of nitrogens with zero attached hydrogens (tertiary/aromatic N) is 2. The van der Waals surface area contributed by atoms with Gasteiger partial charge in [0.1, 0.15) is 0 Å². The van der Waals surface area contributed by atoms with Crippen LogP contribution in [0.3, 0.4) is 0 Å². The lowest BCUT2D eigenvalue weighted by Crippen LogP contribution is -2.17. The van der Waals surface area contributed by atoms with Crippen LogP contribution in [-0.4, -0.2) is 16.2 Å². The minimum Gasteiger partial charge on any atom is -0.437 e. The summed E-state index contributed by atoms with van der Waals surface area (Å²) >= 11 is 0. The molecule has 0 saturated carbocycles. The van der Waals surface area contributed by atoms with Crippen molar-refractivity contribution in [2.45, 2.75) is 18.3 Å². The van der Waals surface area contributed by atoms with Crippen LogP contribution in [0.4, 0.5) is 0 Å². The minimum atomic E-state index is -1.74. The van der Waals surface area contributed by atoms with Crippen molar-refractivity contribution in [2.75, 3.05) is 6.61 Å². The molecule has 1 N–H and O–H groups in total. The van der Waals surface area contributed by atoms with Gasteiger partial charge in [0.2, 0.25) is 0 Å². The van der Waals surface area contributed by atoms with Crippen molar-refractivity contribution in [2.24, 2.45) is 0 Å². The zero-order valence-corrected chi connectivity index (χ0v) is 7.13. The van der Waals surface area contributed by atoms with Gasteiger partial charge in [0.25, 0.3) is 0 Å². The number of fused-ring (bicyclic) bond motifs is 1. The molecule has 0 spiro atoms. The van der Waals surface area contributed by atoms with Gasteiger partial charge in [-0.15, -0.1) is 10.6 Å². The standard InChI is InChI=1S/C6H8N3O2S/c7-12(10)6-8-3-5-4-11-2-1-9(5)6/h3,7H,1-2,4H2/q-1. The molecule has 1 aliphatic heterocycles. The predicted molar refractivity (Wildman–Crippen MR) is 40.9 cm³/mol. The van der Waals surface area contributed by atoms with E-state index >= 15 is 0 Å². The summed E-state index contributed by atoms with van der Waals surface area (Å²) in [4.78, 5) is 3.89. The Morgan fingerprint density at radius 3 is 3.33 bits per heavy atom. The van der Waals surface area contributed by atoms with Crippen LogP contribution in [0.2, 0.25) is 0 Å². The topological polar surface area (TPSA) is 68.0 Å². The third-order valence-corrected chi connectivity index (χ3v) is 2.43. The van der Waals surface area contributed by atoms with E-state index in [9.17, 15) is 4.21 Å². The normalized spacial score (nSPS) is 16.4. The number of rotatable bonds is 1. The predicted octanol–water partition coefficient (Wildman–Crippen LogP) is 0.498. The zero-order valence-electron chi connectivity index (χ0n) is 6.32. The van der Waals surface area contributed by atoms with Crippen LogP contribution in [0.15, 0.2) is 11.4 Å². The second-order valence-corrected chi connectivity index (χ2v) is 3.41. The Labute approximate surface area is 71.4 Å². The summed E-state index contributed by atoms with van der Waals surface area (Å²) in [5.74, 6) is 0. The van der Waals surface area contributed by atoms with E-state index < -0.39 is 10.6 Å². The number of hydrogen-bond donors (Lipinski definition) is 1. The van der Waals surface area contributed by atoms with Crippen molar-refractivity contribution in [3.63, 3.8) is 0 Å². The summed E-state index contributed by atoms with van der Waals surface area (Å²) in [5.41, 5.74) is 0.900. The Kier molecular flexibility index (Phi) is 1.86. The van der Waals surface area contributed by atoms with Crippen LogP contribution in [0.25, 0.3) is 0 Å². The van der Waals surface area contributed by atoms with Crippen LogP contribution >= 0.6 is 0 Å². The fraction of sp³-hybridized carbons (Fsp3) is 0.500. The van der Waals surface area contributed by atoms with E-state index in [1.54, 1.807) is 10.8 Å². The molecule has 1 aromatic heterocycles. The van der Waals surface area contributed by atoms with Crippen LogP contribution in [0, 0.1) is 4.78 Å². The van der Waals surface area contributed by atoms with E-state index in [1.807, 2.05) is 0 Å². The van der Waals surface area contributed by atoms with Gasteiger partial charge in [0.05, 0.1) is 24.1 Å². The van der Waals surface area contributed by atoms with Crippen LogP contribution in [0.5, 0.6) is 0 Å². The zero-order chi connectivity index (χ0) is 8.55. The molecule has 0 aromatic carbocycles. The highest BCUT2D eigenvalue weighted by Gasteiger charge is 2.10. The van der Waals surface area contributed by atoms with Gasteiger partial charge in [0.15, 0.2) is 0 Å². The highest BCUT2D eigenvalue weighted by Crippen LogP contribution is 2.12. The van der Waals surface area contributed by atoms with E-state index in [0.29, 0.717) is 24.9 Å². The SMILES string of the molecule is N=[S-](=O)c1ncc2n1CCOC2. The van der Waals surface area contributed by atoms with Crippen molar-refractivity contribution in [1.82, 2.24) is 9.55 Å². The highest BCUT2D eigenvalue weighted by atomic mass is 32.2. The molecule has 0 atom stereocenters. The van der Waals surface area contributed by atoms with Gasteiger partial charge in [-0.05, 0) is 0 Å². The molecule has 0 bridgehead atoms. The number of nitrogens with one attached hydrogen (secondary N) is 1. The van der Waals surface area contributed by atoms with E-state index in [2.05, 4.69) is 4.98 Å². The molecule has 1 aromatic rings. The molecule has 1 aliphatic rings. The van der Waals surface area contributed by atoms with E-state index in [0.717, 1.165) is 5.69 Å². The van der Waals surface area contributed by atoms with E-state index in [1.165, 1.54) is 0 Å². The van der Waals surface area contributed by atoms with Gasteiger partial charge in [-0.3, -0.25) is 4.98 Å². The number of hydrogen-bond acceptors (Lipinski definition) is 5. The lowest BCUT2D eigenvalue weighted by atomic mass is 10.4. The van der Waals surface area contributed by atoms with E-state index in [4.69, 9.17) is 9.52 Å². The van der Waals surface area contributed by atoms with Crippen molar-refractivity contribution in [3.05, 3.63) is 11.9 Å². The van der Waals surface area contributed by atoms with Crippen molar-refractivity contribution < 1.29 is 8.95 Å². The third kappa shape index (κ3) is 1.12. The third-order valence-electron chi connectivity index (χ3n) is 1.78. The molecule has 0 radical (unpaired) electrons. The summed E-state index contributed by atoms with van der Waals surface area (Å²) in [6.07, 6.45) is 1.61. The largest absolute Gasteiger partial charge is 0.437 e. The monoisotopic (exact) mass is 186 g/mol. The molecular formula is C6H8N3O2S-. The minimum absolute atomic E-state index is 0.327. The number of aromatic nitrogens is 2. The Bertz CT molecular complexity index is 361. The maximum absolute atomic E-state index is 10.8. The maximum Gasteiger partial charge on any atom is 0.0884 e. The lowest BCUT2D eigenvalue weighted by Gasteiger charge is -2.17. The Morgan fingerprint density at radius 2 is 2.58 bits per heavy atom. The van der Waals surface area contributed by atoms with Crippen molar-refractivity contribution >= 4 is 10.6 Å². The average molecular weight is 186 g/mol. The second kappa shape index (κ2) is 2.87. The van der Waals surface area contributed by atoms with E-state index in [-0.39, 0.29) is 0 Å². The quantitative estimate of drug-likeness (QED) is 0.649. The Morgan fingerprint density at radius 1 is 1.75 bits per heavy atom. The summed E-state index contributed by atoms with van der Waals surface area (Å²) in [6, 6.07) is 0. The molecule has 0 amide bonds. The van der Waals surface area contributed by atoms with Gasteiger partial charge in [-0.1, -0.05) is 0 Å². The Hall–Kier alpha value is -0.880. The number of imidazole rings is 1. The molecule has 0 unspecified atom stereocenters. The van der Waals surface area contributed by atoms with Gasteiger partial charge in [0, 0.05) is 12.7 Å². The molecule has 66 valence electrons. The molecule has 2 rings (SSSR count). The van der Waals surface area contributed by atoms with Crippen LogP contribution in [-0.2, 0) is 32.7 Å². The molecule has 0 fully saturated rings. The van der Waals surface area contributed by atoms with Crippen molar-refractivity contribution in [3.8, 4) is 0 Å². The first kappa shape index (κ1) is 7.75. The molecule has 0 aliphatic carbocycles. The fourth-order valence-electron chi connectivity index (χ4n) is 1.23. The summed E-state index contributed by atoms with van der Waals surface area (Å²) in [7, 11) is -1.74. The molecule has 6 heteroatoms. The molecule has 5 nitrogen and oxygen atoms in total. The summed E-state index contributed by atoms with van der Waals surface area (Å²) in [5, 5.41) is 0.327. The van der Waals surface area contributed by atoms with Gasteiger partial charge < -0.3 is 18.3 Å². The van der Waals surface area contributed by atoms with Crippen LogP contribution in [0.1, 0.15) is 5.69 Å². The van der Waals surface area contributed by atoms with Gasteiger partial charge in [-0.25, -0.2) is 0 Å². The molecule has 2 heterocycles. The first-order valence-corrected chi connectivity index (χ1v) is 4.69. The van der Waals surface area contributed by atoms with Gasteiger partial charge in [-0.2, -0.15) is 0 Å². The van der Waals surface area contributed by atoms with Crippen molar-refractivity contribution in [1.29, 1.82) is 4.78 Å². The highest BCUT2D eigenvalue weighted by molar-refractivity contribution is 7.73. The molecule has 0 saturated heterocycles. The van der Waals surface area contributed by atoms with Crippen LogP contribution < -0.4 is 0 Å². The first-order chi connectivity index (χ1) is 5.79. The average Bonchev–Trinajstić information content (AvgIpc) is 2.47. The van der Waals surface area contributed by atoms with Gasteiger partial charge >= 0.3 is 0 Å². The summed E-state index contributed by atoms with van der Waals surface area (Å²) in [6.45, 7) is 1.76. The Balaban J connectivity index is 2.51. The maximum atomic E-state index is 10.8. The molecule has 12 heavy (non-hydrogen) atoms. The first-order valence-electron chi connectivity index (χ1n) is 3.54.